The number of nitrogens with zero attached hydrogens (tertiary/aromatic N) is 2. The van der Waals surface area contributed by atoms with Crippen LogP contribution in [-0.2, 0) is 4.74 Å². The van der Waals surface area contributed by atoms with Crippen LogP contribution in [0.3, 0.4) is 0 Å². The molecule has 1 aromatic rings. The lowest BCUT2D eigenvalue weighted by Crippen LogP contribution is -2.44. The topological polar surface area (TPSA) is 51.4 Å². The predicted molar refractivity (Wildman–Crippen MR) is 72.3 cm³/mol. The Labute approximate surface area is 109 Å². The molecule has 1 saturated heterocycles. The van der Waals surface area contributed by atoms with Crippen molar-refractivity contribution in [1.29, 1.82) is 0 Å². The second-order valence-corrected chi connectivity index (χ2v) is 4.75. The normalized spacial score (nSPS) is 22.9. The van der Waals surface area contributed by atoms with Gasteiger partial charge in [-0.1, -0.05) is 6.07 Å². The van der Waals surface area contributed by atoms with Gasteiger partial charge in [0.15, 0.2) is 0 Å². The molecule has 0 spiro atoms. The molecule has 0 aromatic carbocycles. The molecule has 0 aliphatic carbocycles. The first-order valence-corrected chi connectivity index (χ1v) is 6.80. The first-order chi connectivity index (χ1) is 8.85. The Balaban J connectivity index is 2.03. The molecule has 1 aliphatic heterocycles. The predicted octanol–water partition coefficient (Wildman–Crippen LogP) is 1.58. The Hall–Kier alpha value is -0.970. The minimum Gasteiger partial charge on any atom is -0.377 e. The number of hydrogen-bond acceptors (Lipinski definition) is 4. The minimum absolute atomic E-state index is 0.266. The molecule has 4 heteroatoms. The Morgan fingerprint density at radius 2 is 2.50 bits per heavy atom. The molecule has 100 valence electrons. The van der Waals surface area contributed by atoms with Crippen molar-refractivity contribution in [2.75, 3.05) is 26.2 Å². The van der Waals surface area contributed by atoms with E-state index in [4.69, 9.17) is 10.5 Å². The standard InChI is InChI=1S/C14H23N3O/c1-2-18-13-6-4-8-17(11-13)14(9-15)12-5-3-7-16-10-12/h3,5,7,10,13-14H,2,4,6,8-9,11,15H2,1H3. The number of hydrogen-bond donors (Lipinski definition) is 1. The van der Waals surface area contributed by atoms with Gasteiger partial charge in [-0.2, -0.15) is 0 Å². The number of piperidine rings is 1. The number of aromatic nitrogens is 1. The van der Waals surface area contributed by atoms with E-state index in [1.54, 1.807) is 6.20 Å². The van der Waals surface area contributed by atoms with Gasteiger partial charge in [-0.15, -0.1) is 0 Å². The maximum absolute atomic E-state index is 5.94. The van der Waals surface area contributed by atoms with E-state index in [-0.39, 0.29) is 6.04 Å². The SMILES string of the molecule is CCOC1CCCN(C(CN)c2cccnc2)C1. The van der Waals surface area contributed by atoms with Gasteiger partial charge in [0, 0.05) is 38.1 Å². The fourth-order valence-corrected chi connectivity index (χ4v) is 2.69. The summed E-state index contributed by atoms with van der Waals surface area (Å²) in [5.41, 5.74) is 7.15. The molecular formula is C14H23N3O. The van der Waals surface area contributed by atoms with Crippen molar-refractivity contribution < 1.29 is 4.74 Å². The second-order valence-electron chi connectivity index (χ2n) is 4.75. The van der Waals surface area contributed by atoms with E-state index in [1.165, 1.54) is 12.0 Å². The van der Waals surface area contributed by atoms with Crippen LogP contribution >= 0.6 is 0 Å². The summed E-state index contributed by atoms with van der Waals surface area (Å²) in [6.45, 7) is 5.55. The van der Waals surface area contributed by atoms with E-state index in [0.29, 0.717) is 12.6 Å². The molecule has 2 atom stereocenters. The van der Waals surface area contributed by atoms with E-state index in [9.17, 15) is 0 Å². The van der Waals surface area contributed by atoms with Gasteiger partial charge in [0.2, 0.25) is 0 Å². The summed E-state index contributed by atoms with van der Waals surface area (Å²) >= 11 is 0. The van der Waals surface area contributed by atoms with Gasteiger partial charge in [0.1, 0.15) is 0 Å². The lowest BCUT2D eigenvalue weighted by atomic mass is 10.0. The highest BCUT2D eigenvalue weighted by Gasteiger charge is 2.26. The molecule has 2 unspecified atom stereocenters. The average Bonchev–Trinajstić information content (AvgIpc) is 2.42. The Morgan fingerprint density at radius 3 is 3.17 bits per heavy atom. The molecule has 4 nitrogen and oxygen atoms in total. The molecular weight excluding hydrogens is 226 g/mol. The number of ether oxygens (including phenoxy) is 1. The van der Waals surface area contributed by atoms with Crippen molar-refractivity contribution in [1.82, 2.24) is 9.88 Å². The van der Waals surface area contributed by atoms with Gasteiger partial charge in [0.25, 0.3) is 0 Å². The molecule has 2 rings (SSSR count). The zero-order valence-corrected chi connectivity index (χ0v) is 11.1. The van der Waals surface area contributed by atoms with E-state index in [2.05, 4.69) is 22.9 Å². The lowest BCUT2D eigenvalue weighted by Gasteiger charge is -2.37. The number of nitrogens with two attached hydrogens (primary N) is 1. The third-order valence-electron chi connectivity index (χ3n) is 3.55. The van der Waals surface area contributed by atoms with Crippen LogP contribution in [0, 0.1) is 0 Å². The number of pyridine rings is 1. The molecule has 18 heavy (non-hydrogen) atoms. The van der Waals surface area contributed by atoms with Crippen molar-refractivity contribution in [3.8, 4) is 0 Å². The summed E-state index contributed by atoms with van der Waals surface area (Å²) in [5, 5.41) is 0. The first kappa shape index (κ1) is 13.5. The Morgan fingerprint density at radius 1 is 1.61 bits per heavy atom. The lowest BCUT2D eigenvalue weighted by molar-refractivity contribution is -0.00663. The van der Waals surface area contributed by atoms with Gasteiger partial charge in [0.05, 0.1) is 6.10 Å². The van der Waals surface area contributed by atoms with Gasteiger partial charge >= 0.3 is 0 Å². The first-order valence-electron chi connectivity index (χ1n) is 6.80. The largest absolute Gasteiger partial charge is 0.377 e. The van der Waals surface area contributed by atoms with Crippen LogP contribution in [0.15, 0.2) is 24.5 Å². The summed E-state index contributed by atoms with van der Waals surface area (Å²) in [7, 11) is 0. The maximum atomic E-state index is 5.94. The van der Waals surface area contributed by atoms with E-state index in [1.807, 2.05) is 12.3 Å². The monoisotopic (exact) mass is 249 g/mol. The quantitative estimate of drug-likeness (QED) is 0.861. The summed E-state index contributed by atoms with van der Waals surface area (Å²) in [4.78, 5) is 6.62. The molecule has 1 aromatic heterocycles. The third kappa shape index (κ3) is 3.28. The van der Waals surface area contributed by atoms with Crippen LogP contribution in [0.4, 0.5) is 0 Å². The van der Waals surface area contributed by atoms with Crippen molar-refractivity contribution in [3.05, 3.63) is 30.1 Å². The van der Waals surface area contributed by atoms with Gasteiger partial charge in [-0.05, 0) is 37.9 Å². The molecule has 2 N–H and O–H groups in total. The maximum Gasteiger partial charge on any atom is 0.0702 e. The highest BCUT2D eigenvalue weighted by molar-refractivity contribution is 5.14. The molecule has 1 aliphatic rings. The van der Waals surface area contributed by atoms with Gasteiger partial charge in [-0.3, -0.25) is 9.88 Å². The summed E-state index contributed by atoms with van der Waals surface area (Å²) in [6, 6.07) is 4.35. The van der Waals surface area contributed by atoms with E-state index in [0.717, 1.165) is 26.1 Å². The Kier molecular flexibility index (Phi) is 5.11. The highest BCUT2D eigenvalue weighted by atomic mass is 16.5. The highest BCUT2D eigenvalue weighted by Crippen LogP contribution is 2.24. The van der Waals surface area contributed by atoms with E-state index >= 15 is 0 Å². The van der Waals surface area contributed by atoms with Gasteiger partial charge in [-0.25, -0.2) is 0 Å². The summed E-state index contributed by atoms with van der Waals surface area (Å²) < 4.78 is 5.75. The van der Waals surface area contributed by atoms with Crippen LogP contribution in [0.25, 0.3) is 0 Å². The van der Waals surface area contributed by atoms with Crippen LogP contribution in [0.5, 0.6) is 0 Å². The second kappa shape index (κ2) is 6.83. The van der Waals surface area contributed by atoms with Crippen LogP contribution in [-0.4, -0.2) is 42.2 Å². The van der Waals surface area contributed by atoms with Crippen LogP contribution in [0.1, 0.15) is 31.4 Å². The Bertz CT molecular complexity index is 342. The summed E-state index contributed by atoms with van der Waals surface area (Å²) in [5.74, 6) is 0. The molecule has 1 fully saturated rings. The average molecular weight is 249 g/mol. The van der Waals surface area contributed by atoms with E-state index < -0.39 is 0 Å². The zero-order chi connectivity index (χ0) is 12.8. The van der Waals surface area contributed by atoms with Crippen molar-refractivity contribution in [3.63, 3.8) is 0 Å². The molecule has 0 saturated carbocycles. The number of rotatable bonds is 5. The fourth-order valence-electron chi connectivity index (χ4n) is 2.69. The fraction of sp³-hybridized carbons (Fsp3) is 0.643. The zero-order valence-electron chi connectivity index (χ0n) is 11.1. The number of likely N-dealkylation sites (tertiary alicyclic amines) is 1. The van der Waals surface area contributed by atoms with Crippen molar-refractivity contribution in [2.45, 2.75) is 31.9 Å². The molecule has 0 amide bonds. The third-order valence-corrected chi connectivity index (χ3v) is 3.55. The summed E-state index contributed by atoms with van der Waals surface area (Å²) in [6.07, 6.45) is 6.42. The van der Waals surface area contributed by atoms with Crippen molar-refractivity contribution >= 4 is 0 Å². The molecule has 0 radical (unpaired) electrons. The molecule has 2 heterocycles. The van der Waals surface area contributed by atoms with Gasteiger partial charge < -0.3 is 10.5 Å². The van der Waals surface area contributed by atoms with Crippen LogP contribution < -0.4 is 5.73 Å². The smallest absolute Gasteiger partial charge is 0.0702 e. The molecule has 0 bridgehead atoms. The van der Waals surface area contributed by atoms with Crippen molar-refractivity contribution in [2.24, 2.45) is 5.73 Å². The van der Waals surface area contributed by atoms with Crippen LogP contribution in [0.2, 0.25) is 0 Å². The minimum atomic E-state index is 0.266.